The van der Waals surface area contributed by atoms with Crippen molar-refractivity contribution in [1.82, 2.24) is 10.2 Å². The summed E-state index contributed by atoms with van der Waals surface area (Å²) in [5.41, 5.74) is 2.75. The van der Waals surface area contributed by atoms with Gasteiger partial charge in [-0.05, 0) is 40.5 Å². The number of carbonyl (C=O) groups excluding carboxylic acids is 1. The van der Waals surface area contributed by atoms with Crippen LogP contribution in [0.1, 0.15) is 27.5 Å². The van der Waals surface area contributed by atoms with E-state index >= 15 is 0 Å². The Morgan fingerprint density at radius 3 is 2.28 bits per heavy atom. The lowest BCUT2D eigenvalue weighted by atomic mass is 10.0. The summed E-state index contributed by atoms with van der Waals surface area (Å²) >= 11 is 3.44. The molecule has 0 saturated carbocycles. The summed E-state index contributed by atoms with van der Waals surface area (Å²) in [5.74, 6) is 0.928. The zero-order chi connectivity index (χ0) is 20.8. The van der Waals surface area contributed by atoms with Crippen molar-refractivity contribution in [3.05, 3.63) is 57.6 Å². The van der Waals surface area contributed by atoms with Crippen LogP contribution in [0.2, 0.25) is 0 Å². The van der Waals surface area contributed by atoms with Crippen LogP contribution in [-0.4, -0.2) is 57.9 Å². The van der Waals surface area contributed by atoms with Gasteiger partial charge in [-0.1, -0.05) is 29.8 Å². The first kappa shape index (κ1) is 21.6. The number of amides is 1. The lowest BCUT2D eigenvalue weighted by molar-refractivity contribution is 0.0332. The van der Waals surface area contributed by atoms with Crippen molar-refractivity contribution in [2.24, 2.45) is 0 Å². The topological polar surface area (TPSA) is 60.0 Å². The number of hydrogen-bond acceptors (Lipinski definition) is 5. The van der Waals surface area contributed by atoms with E-state index in [9.17, 15) is 4.79 Å². The molecule has 6 nitrogen and oxygen atoms in total. The summed E-state index contributed by atoms with van der Waals surface area (Å²) in [4.78, 5) is 15.4. The van der Waals surface area contributed by atoms with E-state index in [1.54, 1.807) is 26.4 Å². The van der Waals surface area contributed by atoms with E-state index in [1.807, 2.05) is 0 Å². The fraction of sp³-hybridized carbons (Fsp3) is 0.409. The maximum atomic E-state index is 13.1. The highest BCUT2D eigenvalue weighted by molar-refractivity contribution is 9.10. The Labute approximate surface area is 180 Å². The largest absolute Gasteiger partial charge is 0.495 e. The molecule has 2 aromatic rings. The highest BCUT2D eigenvalue weighted by Crippen LogP contribution is 2.35. The molecule has 0 unspecified atom stereocenters. The first-order valence-corrected chi connectivity index (χ1v) is 10.4. The summed E-state index contributed by atoms with van der Waals surface area (Å²) in [6.07, 6.45) is 0. The number of ether oxygens (including phenoxy) is 3. The van der Waals surface area contributed by atoms with E-state index in [0.29, 0.717) is 21.5 Å². The van der Waals surface area contributed by atoms with Crippen LogP contribution in [0, 0.1) is 6.92 Å². The highest BCUT2D eigenvalue weighted by atomic mass is 79.9. The van der Waals surface area contributed by atoms with Gasteiger partial charge in [0.25, 0.3) is 5.91 Å². The predicted molar refractivity (Wildman–Crippen MR) is 116 cm³/mol. The molecular weight excluding hydrogens is 436 g/mol. The van der Waals surface area contributed by atoms with Gasteiger partial charge < -0.3 is 19.5 Å². The molecule has 0 aliphatic carbocycles. The fourth-order valence-corrected chi connectivity index (χ4v) is 3.87. The van der Waals surface area contributed by atoms with Crippen molar-refractivity contribution < 1.29 is 19.0 Å². The van der Waals surface area contributed by atoms with Crippen LogP contribution in [-0.2, 0) is 4.74 Å². The first-order chi connectivity index (χ1) is 14.0. The Morgan fingerprint density at radius 1 is 1.14 bits per heavy atom. The van der Waals surface area contributed by atoms with Crippen molar-refractivity contribution in [3.8, 4) is 11.5 Å². The fourth-order valence-electron chi connectivity index (χ4n) is 3.32. The van der Waals surface area contributed by atoms with Crippen molar-refractivity contribution in [1.29, 1.82) is 0 Å². The predicted octanol–water partition coefficient (Wildman–Crippen LogP) is 3.58. The van der Waals surface area contributed by atoms with Crippen LogP contribution < -0.4 is 14.8 Å². The molecule has 3 rings (SSSR count). The molecular formula is C22H27BrN2O4. The van der Waals surface area contributed by atoms with Crippen LogP contribution in [0.3, 0.4) is 0 Å². The van der Waals surface area contributed by atoms with Crippen molar-refractivity contribution in [3.63, 3.8) is 0 Å². The minimum absolute atomic E-state index is 0.137. The molecule has 1 heterocycles. The van der Waals surface area contributed by atoms with Gasteiger partial charge in [-0.2, -0.15) is 0 Å². The third-order valence-corrected chi connectivity index (χ3v) is 5.82. The molecule has 7 heteroatoms. The third kappa shape index (κ3) is 5.50. The molecule has 156 valence electrons. The minimum Gasteiger partial charge on any atom is -0.495 e. The monoisotopic (exact) mass is 462 g/mol. The number of hydrogen-bond donors (Lipinski definition) is 1. The van der Waals surface area contributed by atoms with Gasteiger partial charge in [0.2, 0.25) is 0 Å². The van der Waals surface area contributed by atoms with E-state index < -0.39 is 0 Å². The normalized spacial score (nSPS) is 15.6. The molecule has 1 amide bonds. The second kappa shape index (κ2) is 10.1. The SMILES string of the molecule is COc1cc(C(=O)N[C@@H](CN2CCOCC2)c2ccc(C)cc2)cc(OC)c1Br. The third-order valence-electron chi connectivity index (χ3n) is 5.04. The van der Waals surface area contributed by atoms with E-state index in [2.05, 4.69) is 57.3 Å². The van der Waals surface area contributed by atoms with Crippen molar-refractivity contribution >= 4 is 21.8 Å². The average Bonchev–Trinajstić information content (AvgIpc) is 2.74. The molecule has 1 aliphatic rings. The average molecular weight is 463 g/mol. The number of nitrogens with one attached hydrogen (secondary N) is 1. The quantitative estimate of drug-likeness (QED) is 0.681. The highest BCUT2D eigenvalue weighted by Gasteiger charge is 2.22. The Morgan fingerprint density at radius 2 is 1.72 bits per heavy atom. The van der Waals surface area contributed by atoms with E-state index in [-0.39, 0.29) is 11.9 Å². The number of carbonyl (C=O) groups is 1. The van der Waals surface area contributed by atoms with Gasteiger partial charge in [0.15, 0.2) is 0 Å². The number of benzene rings is 2. The van der Waals surface area contributed by atoms with E-state index in [1.165, 1.54) is 5.56 Å². The Hall–Kier alpha value is -2.09. The summed E-state index contributed by atoms with van der Waals surface area (Å²) in [7, 11) is 3.13. The van der Waals surface area contributed by atoms with Gasteiger partial charge in [-0.3, -0.25) is 9.69 Å². The summed E-state index contributed by atoms with van der Waals surface area (Å²) < 4.78 is 16.9. The molecule has 0 radical (unpaired) electrons. The van der Waals surface area contributed by atoms with Gasteiger partial charge in [0, 0.05) is 25.2 Å². The first-order valence-electron chi connectivity index (χ1n) is 9.61. The van der Waals surface area contributed by atoms with Gasteiger partial charge in [-0.25, -0.2) is 0 Å². The molecule has 1 N–H and O–H groups in total. The second-order valence-electron chi connectivity index (χ2n) is 7.04. The zero-order valence-electron chi connectivity index (χ0n) is 17.0. The van der Waals surface area contributed by atoms with Crippen LogP contribution >= 0.6 is 15.9 Å². The van der Waals surface area contributed by atoms with Gasteiger partial charge in [-0.15, -0.1) is 0 Å². The minimum atomic E-state index is -0.173. The Kier molecular flexibility index (Phi) is 7.52. The van der Waals surface area contributed by atoms with Gasteiger partial charge in [0.05, 0.1) is 33.5 Å². The van der Waals surface area contributed by atoms with Crippen LogP contribution in [0.15, 0.2) is 40.9 Å². The lowest BCUT2D eigenvalue weighted by Gasteiger charge is -2.31. The van der Waals surface area contributed by atoms with Crippen molar-refractivity contribution in [2.45, 2.75) is 13.0 Å². The molecule has 29 heavy (non-hydrogen) atoms. The van der Waals surface area contributed by atoms with E-state index in [0.717, 1.165) is 38.4 Å². The van der Waals surface area contributed by atoms with Crippen LogP contribution in [0.4, 0.5) is 0 Å². The van der Waals surface area contributed by atoms with Crippen LogP contribution in [0.25, 0.3) is 0 Å². The zero-order valence-corrected chi connectivity index (χ0v) is 18.6. The summed E-state index contributed by atoms with van der Waals surface area (Å²) in [5, 5.41) is 3.19. The smallest absolute Gasteiger partial charge is 0.252 e. The number of methoxy groups -OCH3 is 2. The molecule has 1 atom stereocenters. The standard InChI is InChI=1S/C22H27BrN2O4/c1-15-4-6-16(7-5-15)18(14-25-8-10-29-11-9-25)24-22(26)17-12-19(27-2)21(23)20(13-17)28-3/h4-7,12-13,18H,8-11,14H2,1-3H3,(H,24,26)/t18-/m0/s1. The molecule has 2 aromatic carbocycles. The molecule has 1 aliphatic heterocycles. The molecule has 0 aromatic heterocycles. The maximum absolute atomic E-state index is 13.1. The Bertz CT molecular complexity index is 810. The number of aryl methyl sites for hydroxylation is 1. The lowest BCUT2D eigenvalue weighted by Crippen LogP contribution is -2.43. The van der Waals surface area contributed by atoms with Crippen molar-refractivity contribution in [2.75, 3.05) is 47.1 Å². The van der Waals surface area contributed by atoms with Gasteiger partial charge in [0.1, 0.15) is 16.0 Å². The number of halogens is 1. The van der Waals surface area contributed by atoms with Gasteiger partial charge >= 0.3 is 0 Å². The number of morpholine rings is 1. The Balaban J connectivity index is 1.84. The summed E-state index contributed by atoms with van der Waals surface area (Å²) in [6.45, 7) is 5.93. The maximum Gasteiger partial charge on any atom is 0.252 e. The second-order valence-corrected chi connectivity index (χ2v) is 7.84. The van der Waals surface area contributed by atoms with E-state index in [4.69, 9.17) is 14.2 Å². The summed E-state index contributed by atoms with van der Waals surface area (Å²) in [6, 6.07) is 11.6. The number of rotatable bonds is 7. The molecule has 0 spiro atoms. The molecule has 1 fully saturated rings. The number of nitrogens with zero attached hydrogens (tertiary/aromatic N) is 1. The molecule has 1 saturated heterocycles. The van der Waals surface area contributed by atoms with Crippen LogP contribution in [0.5, 0.6) is 11.5 Å². The molecule has 0 bridgehead atoms.